The lowest BCUT2D eigenvalue weighted by atomic mass is 10.1. The van der Waals surface area contributed by atoms with E-state index in [0.29, 0.717) is 17.2 Å². The van der Waals surface area contributed by atoms with Crippen LogP contribution in [0.15, 0.2) is 48.5 Å². The van der Waals surface area contributed by atoms with E-state index in [1.807, 2.05) is 56.3 Å². The lowest BCUT2D eigenvalue weighted by Crippen LogP contribution is -2.29. The highest BCUT2D eigenvalue weighted by Crippen LogP contribution is 2.41. The van der Waals surface area contributed by atoms with Crippen LogP contribution in [0.3, 0.4) is 0 Å². The van der Waals surface area contributed by atoms with E-state index in [1.54, 1.807) is 6.07 Å². The van der Waals surface area contributed by atoms with Crippen molar-refractivity contribution in [3.8, 4) is 11.5 Å². The second-order valence-electron chi connectivity index (χ2n) is 7.59. The molecular formula is C22H25NO4. The summed E-state index contributed by atoms with van der Waals surface area (Å²) in [4.78, 5) is 13.0. The molecule has 1 N–H and O–H groups in total. The van der Waals surface area contributed by atoms with Crippen molar-refractivity contribution in [2.75, 3.05) is 5.32 Å². The molecule has 1 atom stereocenters. The minimum absolute atomic E-state index is 0.138. The fourth-order valence-corrected chi connectivity index (χ4v) is 3.64. The average molecular weight is 367 g/mol. The van der Waals surface area contributed by atoms with E-state index in [2.05, 4.69) is 5.32 Å². The van der Waals surface area contributed by atoms with Crippen molar-refractivity contribution in [3.63, 3.8) is 0 Å². The highest BCUT2D eigenvalue weighted by Gasteiger charge is 2.32. The van der Waals surface area contributed by atoms with Crippen molar-refractivity contribution < 1.29 is 19.0 Å². The van der Waals surface area contributed by atoms with Gasteiger partial charge in [-0.15, -0.1) is 0 Å². The standard InChI is InChI=1S/C22H25NO4/c1-22(2)26-18-13-12-16(14-19(18)27-22)23-21(24)20(15-8-4-3-5-9-15)25-17-10-6-7-11-17/h3-5,8-9,12-14,17,20H,6-7,10-11H2,1-2H3,(H,23,24)/t20-/m1/s1. The van der Waals surface area contributed by atoms with Gasteiger partial charge < -0.3 is 19.5 Å². The van der Waals surface area contributed by atoms with E-state index in [1.165, 1.54) is 0 Å². The van der Waals surface area contributed by atoms with Crippen LogP contribution in [0.25, 0.3) is 0 Å². The molecule has 2 aliphatic rings. The Kier molecular flexibility index (Phi) is 4.79. The first-order valence-electron chi connectivity index (χ1n) is 9.53. The molecule has 5 heteroatoms. The Labute approximate surface area is 159 Å². The van der Waals surface area contributed by atoms with Gasteiger partial charge in [-0.3, -0.25) is 4.79 Å². The van der Waals surface area contributed by atoms with Crippen molar-refractivity contribution in [1.82, 2.24) is 0 Å². The maximum atomic E-state index is 13.0. The highest BCUT2D eigenvalue weighted by atomic mass is 16.7. The normalized spacial score (nSPS) is 19.0. The van der Waals surface area contributed by atoms with Crippen LogP contribution in [0.1, 0.15) is 51.2 Å². The molecule has 5 nitrogen and oxygen atoms in total. The van der Waals surface area contributed by atoms with E-state index in [4.69, 9.17) is 14.2 Å². The Bertz CT molecular complexity index is 812. The third-order valence-electron chi connectivity index (χ3n) is 4.89. The molecule has 2 aromatic carbocycles. The molecule has 1 aliphatic heterocycles. The molecule has 27 heavy (non-hydrogen) atoms. The monoisotopic (exact) mass is 367 g/mol. The number of carbonyl (C=O) groups is 1. The smallest absolute Gasteiger partial charge is 0.258 e. The lowest BCUT2D eigenvalue weighted by molar-refractivity contribution is -0.131. The van der Waals surface area contributed by atoms with E-state index < -0.39 is 11.9 Å². The van der Waals surface area contributed by atoms with Crippen LogP contribution < -0.4 is 14.8 Å². The Balaban J connectivity index is 1.52. The number of carbonyl (C=O) groups excluding carboxylic acids is 1. The first-order valence-corrected chi connectivity index (χ1v) is 9.53. The van der Waals surface area contributed by atoms with Crippen LogP contribution in [0.5, 0.6) is 11.5 Å². The zero-order valence-electron chi connectivity index (χ0n) is 15.7. The number of hydrogen-bond acceptors (Lipinski definition) is 4. The summed E-state index contributed by atoms with van der Waals surface area (Å²) in [7, 11) is 0. The Morgan fingerprint density at radius 1 is 1.07 bits per heavy atom. The molecule has 2 aromatic rings. The third kappa shape index (κ3) is 4.08. The SMILES string of the molecule is CC1(C)Oc2ccc(NC(=O)[C@H](OC3CCCC3)c3ccccc3)cc2O1. The molecule has 1 aliphatic carbocycles. The minimum atomic E-state index is -0.691. The molecule has 1 amide bonds. The molecule has 0 unspecified atom stereocenters. The quantitative estimate of drug-likeness (QED) is 0.822. The van der Waals surface area contributed by atoms with Crippen LogP contribution in [0, 0.1) is 0 Å². The van der Waals surface area contributed by atoms with Crippen LogP contribution in [-0.4, -0.2) is 17.8 Å². The second-order valence-corrected chi connectivity index (χ2v) is 7.59. The number of anilines is 1. The Morgan fingerprint density at radius 2 is 1.78 bits per heavy atom. The van der Waals surface area contributed by atoms with Gasteiger partial charge in [0.05, 0.1) is 6.10 Å². The number of nitrogens with one attached hydrogen (secondary N) is 1. The molecule has 1 fully saturated rings. The summed E-state index contributed by atoms with van der Waals surface area (Å²) in [6.07, 6.45) is 3.85. The van der Waals surface area contributed by atoms with Crippen LogP contribution in [-0.2, 0) is 9.53 Å². The number of amides is 1. The average Bonchev–Trinajstić information content (AvgIpc) is 3.25. The summed E-state index contributed by atoms with van der Waals surface area (Å²) in [6.45, 7) is 3.71. The number of benzene rings is 2. The molecule has 1 saturated carbocycles. The number of hydrogen-bond donors (Lipinski definition) is 1. The lowest BCUT2D eigenvalue weighted by Gasteiger charge is -2.22. The van der Waals surface area contributed by atoms with Gasteiger partial charge in [0.1, 0.15) is 0 Å². The molecule has 1 heterocycles. The van der Waals surface area contributed by atoms with E-state index in [9.17, 15) is 4.79 Å². The molecule has 0 spiro atoms. The number of ether oxygens (including phenoxy) is 3. The van der Waals surface area contributed by atoms with Gasteiger partial charge in [-0.1, -0.05) is 43.2 Å². The maximum absolute atomic E-state index is 13.0. The predicted molar refractivity (Wildman–Crippen MR) is 103 cm³/mol. The van der Waals surface area contributed by atoms with E-state index in [0.717, 1.165) is 31.2 Å². The number of fused-ring (bicyclic) bond motifs is 1. The summed E-state index contributed by atoms with van der Waals surface area (Å²) in [5, 5.41) is 2.97. The molecule has 142 valence electrons. The van der Waals surface area contributed by atoms with Crippen LogP contribution in [0.4, 0.5) is 5.69 Å². The Hall–Kier alpha value is -2.53. The molecule has 0 aromatic heterocycles. The van der Waals surface area contributed by atoms with Gasteiger partial charge in [-0.2, -0.15) is 0 Å². The fraction of sp³-hybridized carbons (Fsp3) is 0.409. The molecule has 0 radical (unpaired) electrons. The maximum Gasteiger partial charge on any atom is 0.258 e. The van der Waals surface area contributed by atoms with Gasteiger partial charge in [0.2, 0.25) is 5.79 Å². The van der Waals surface area contributed by atoms with Crippen molar-refractivity contribution in [1.29, 1.82) is 0 Å². The van der Waals surface area contributed by atoms with Crippen molar-refractivity contribution in [2.24, 2.45) is 0 Å². The first-order chi connectivity index (χ1) is 13.0. The topological polar surface area (TPSA) is 56.8 Å². The van der Waals surface area contributed by atoms with Gasteiger partial charge in [0, 0.05) is 25.6 Å². The Morgan fingerprint density at radius 3 is 2.52 bits per heavy atom. The fourth-order valence-electron chi connectivity index (χ4n) is 3.64. The van der Waals surface area contributed by atoms with Gasteiger partial charge >= 0.3 is 0 Å². The highest BCUT2D eigenvalue weighted by molar-refractivity contribution is 5.95. The summed E-state index contributed by atoms with van der Waals surface area (Å²) in [5.41, 5.74) is 1.53. The summed E-state index contributed by atoms with van der Waals surface area (Å²) < 4.78 is 17.7. The van der Waals surface area contributed by atoms with Crippen LogP contribution in [0.2, 0.25) is 0 Å². The molecular weight excluding hydrogens is 342 g/mol. The summed E-state index contributed by atoms with van der Waals surface area (Å²) in [6, 6.07) is 15.1. The van der Waals surface area contributed by atoms with Crippen molar-refractivity contribution >= 4 is 11.6 Å². The van der Waals surface area contributed by atoms with Gasteiger partial charge in [0.25, 0.3) is 5.91 Å². The third-order valence-corrected chi connectivity index (χ3v) is 4.89. The van der Waals surface area contributed by atoms with Crippen molar-refractivity contribution in [3.05, 3.63) is 54.1 Å². The molecule has 0 bridgehead atoms. The zero-order chi connectivity index (χ0) is 18.9. The molecule has 0 saturated heterocycles. The van der Waals surface area contributed by atoms with E-state index in [-0.39, 0.29) is 12.0 Å². The largest absolute Gasteiger partial charge is 0.449 e. The number of rotatable bonds is 5. The second kappa shape index (κ2) is 7.24. The van der Waals surface area contributed by atoms with E-state index >= 15 is 0 Å². The van der Waals surface area contributed by atoms with Crippen molar-refractivity contribution in [2.45, 2.75) is 57.5 Å². The minimum Gasteiger partial charge on any atom is -0.449 e. The molecule has 4 rings (SSSR count). The van der Waals surface area contributed by atoms with Gasteiger partial charge in [-0.05, 0) is 30.5 Å². The zero-order valence-corrected chi connectivity index (χ0v) is 15.7. The first kappa shape index (κ1) is 17.9. The van der Waals surface area contributed by atoms with Gasteiger partial charge in [0.15, 0.2) is 17.6 Å². The predicted octanol–water partition coefficient (Wildman–Crippen LogP) is 4.83. The summed E-state index contributed by atoms with van der Waals surface area (Å²) >= 11 is 0. The van der Waals surface area contributed by atoms with Gasteiger partial charge in [-0.25, -0.2) is 0 Å². The van der Waals surface area contributed by atoms with Crippen LogP contribution >= 0.6 is 0 Å². The summed E-state index contributed by atoms with van der Waals surface area (Å²) in [5.74, 6) is 0.445.